The Morgan fingerprint density at radius 3 is 1.90 bits per heavy atom. The lowest BCUT2D eigenvalue weighted by Crippen LogP contribution is -2.43. The third-order valence-electron chi connectivity index (χ3n) is 7.24. The van der Waals surface area contributed by atoms with Crippen molar-refractivity contribution in [3.05, 3.63) is 70.8 Å². The molecule has 0 N–H and O–H groups in total. The first-order chi connectivity index (χ1) is 15.0. The summed E-state index contributed by atoms with van der Waals surface area (Å²) < 4.78 is 0. The molecule has 1 aliphatic carbocycles. The van der Waals surface area contributed by atoms with Crippen LogP contribution in [0, 0.1) is 11.3 Å². The van der Waals surface area contributed by atoms with Gasteiger partial charge in [0.05, 0.1) is 0 Å². The maximum absolute atomic E-state index is 12.3. The summed E-state index contributed by atoms with van der Waals surface area (Å²) in [7, 11) is 0. The van der Waals surface area contributed by atoms with Crippen molar-refractivity contribution in [1.29, 1.82) is 0 Å². The van der Waals surface area contributed by atoms with Gasteiger partial charge < -0.3 is 4.90 Å². The van der Waals surface area contributed by atoms with Gasteiger partial charge in [0.2, 0.25) is 0 Å². The van der Waals surface area contributed by atoms with E-state index in [4.69, 9.17) is 0 Å². The van der Waals surface area contributed by atoms with Crippen LogP contribution < -0.4 is 0 Å². The summed E-state index contributed by atoms with van der Waals surface area (Å²) in [4.78, 5) is 14.8. The Bertz CT molecular complexity index is 819. The highest BCUT2D eigenvalue weighted by molar-refractivity contribution is 6.15. The maximum atomic E-state index is 12.3. The molecular weight excluding hydrogens is 402 g/mol. The summed E-state index contributed by atoms with van der Waals surface area (Å²) >= 11 is 4.64. The molecule has 0 unspecified atom stereocenters. The third kappa shape index (κ3) is 5.41. The maximum Gasteiger partial charge on any atom is 0.139 e. The first-order valence-electron chi connectivity index (χ1n) is 11.8. The van der Waals surface area contributed by atoms with Gasteiger partial charge in [0.15, 0.2) is 0 Å². The molecule has 0 saturated carbocycles. The molecule has 1 heterocycles. The van der Waals surface area contributed by atoms with Crippen LogP contribution in [0.2, 0.25) is 0 Å². The van der Waals surface area contributed by atoms with Gasteiger partial charge in [-0.3, -0.25) is 4.79 Å². The number of fused-ring (bicyclic) bond motifs is 2. The minimum absolute atomic E-state index is 0.233. The van der Waals surface area contributed by atoms with Crippen LogP contribution in [0.1, 0.15) is 68.2 Å². The molecule has 0 atom stereocenters. The largest absolute Gasteiger partial charge is 0.302 e. The Hall–Kier alpha value is -1.64. The van der Waals surface area contributed by atoms with E-state index < -0.39 is 0 Å². The Balaban J connectivity index is 0.00000132. The monoisotopic (exact) mass is 439 g/mol. The molecule has 2 nitrogen and oxygen atoms in total. The minimum atomic E-state index is -0.233. The number of benzene rings is 2. The fourth-order valence-electron chi connectivity index (χ4n) is 5.65. The van der Waals surface area contributed by atoms with Gasteiger partial charge in [0.1, 0.15) is 5.78 Å². The highest BCUT2D eigenvalue weighted by atomic mass is 35.5. The number of piperidine rings is 1. The van der Waals surface area contributed by atoms with Crippen LogP contribution >= 0.6 is 11.6 Å². The van der Waals surface area contributed by atoms with Crippen molar-refractivity contribution in [2.75, 3.05) is 26.0 Å². The minimum Gasteiger partial charge on any atom is -0.302 e. The molecular formula is C28H38ClNO. The lowest BCUT2D eigenvalue weighted by Gasteiger charge is -2.39. The molecule has 0 bridgehead atoms. The van der Waals surface area contributed by atoms with Gasteiger partial charge in [-0.1, -0.05) is 69.3 Å². The van der Waals surface area contributed by atoms with E-state index in [1.807, 2.05) is 6.92 Å². The highest BCUT2D eigenvalue weighted by Crippen LogP contribution is 2.43. The predicted octanol–water partition coefficient (Wildman–Crippen LogP) is 6.49. The Morgan fingerprint density at radius 2 is 1.42 bits per heavy atom. The second-order valence-electron chi connectivity index (χ2n) is 9.65. The number of hydrogen-bond donors (Lipinski definition) is 0. The Kier molecular flexibility index (Phi) is 8.36. The Morgan fingerprint density at radius 1 is 0.935 bits per heavy atom. The smallest absolute Gasteiger partial charge is 0.139 e. The molecule has 4 rings (SSSR count). The summed E-state index contributed by atoms with van der Waals surface area (Å²) in [6.07, 6.45) is 6.83. The van der Waals surface area contributed by atoms with Crippen molar-refractivity contribution in [2.24, 2.45) is 11.3 Å². The topological polar surface area (TPSA) is 20.3 Å². The molecule has 1 saturated heterocycles. The number of aryl methyl sites for hydroxylation is 2. The van der Waals surface area contributed by atoms with E-state index in [1.165, 1.54) is 30.4 Å². The molecule has 2 aromatic rings. The van der Waals surface area contributed by atoms with Crippen molar-refractivity contribution >= 4 is 17.4 Å². The standard InChI is InChI=1S/C27H35NO.CH3Cl/c1-4-25(29)27(2,3)19-28-17-15-22(16-18-28)26-23-11-7-5-9-20(23)13-14-21-10-6-8-12-24(21)26;1-2/h5-12,22,26H,4,13-19H2,1-3H3;1H3. The lowest BCUT2D eigenvalue weighted by molar-refractivity contribution is -0.128. The fourth-order valence-corrected chi connectivity index (χ4v) is 5.65. The number of carbonyl (C=O) groups excluding carboxylic acids is 1. The summed E-state index contributed by atoms with van der Waals surface area (Å²) in [6, 6.07) is 18.2. The van der Waals surface area contributed by atoms with Crippen molar-refractivity contribution in [3.63, 3.8) is 0 Å². The molecule has 0 spiro atoms. The first-order valence-corrected chi connectivity index (χ1v) is 12.5. The number of likely N-dealkylation sites (tertiary alicyclic amines) is 1. The van der Waals surface area contributed by atoms with Gasteiger partial charge in [-0.05, 0) is 66.9 Å². The molecule has 1 fully saturated rings. The van der Waals surface area contributed by atoms with Crippen molar-refractivity contribution in [1.82, 2.24) is 4.90 Å². The van der Waals surface area contributed by atoms with E-state index in [1.54, 1.807) is 11.1 Å². The van der Waals surface area contributed by atoms with Crippen LogP contribution in [0.25, 0.3) is 0 Å². The summed E-state index contributed by atoms with van der Waals surface area (Å²) in [5.74, 6) is 1.57. The Labute approximate surface area is 194 Å². The molecule has 3 heteroatoms. The zero-order valence-electron chi connectivity index (χ0n) is 19.7. The quantitative estimate of drug-likeness (QED) is 0.496. The van der Waals surface area contributed by atoms with Crippen LogP contribution in [0.4, 0.5) is 0 Å². The normalized spacial score (nSPS) is 17.7. The van der Waals surface area contributed by atoms with Gasteiger partial charge in [-0.25, -0.2) is 0 Å². The third-order valence-corrected chi connectivity index (χ3v) is 7.24. The van der Waals surface area contributed by atoms with E-state index in [2.05, 4.69) is 78.9 Å². The van der Waals surface area contributed by atoms with Crippen LogP contribution in [-0.4, -0.2) is 36.7 Å². The second kappa shape index (κ2) is 10.8. The molecule has 2 aliphatic rings. The van der Waals surface area contributed by atoms with Crippen molar-refractivity contribution in [2.45, 2.75) is 58.8 Å². The van der Waals surface area contributed by atoms with Crippen molar-refractivity contribution < 1.29 is 4.79 Å². The zero-order valence-corrected chi connectivity index (χ0v) is 20.4. The number of halogens is 1. The predicted molar refractivity (Wildman–Crippen MR) is 132 cm³/mol. The van der Waals surface area contributed by atoms with Crippen LogP contribution in [0.3, 0.4) is 0 Å². The number of ketones is 1. The van der Waals surface area contributed by atoms with Crippen molar-refractivity contribution in [3.8, 4) is 0 Å². The van der Waals surface area contributed by atoms with Crippen LogP contribution in [0.5, 0.6) is 0 Å². The number of Topliss-reactive ketones (excluding diaryl/α,β-unsaturated/α-hetero) is 1. The lowest BCUT2D eigenvalue weighted by atomic mass is 9.74. The van der Waals surface area contributed by atoms with Crippen LogP contribution in [-0.2, 0) is 17.6 Å². The zero-order chi connectivity index (χ0) is 22.4. The second-order valence-corrected chi connectivity index (χ2v) is 9.65. The fraction of sp³-hybridized carbons (Fsp3) is 0.536. The summed E-state index contributed by atoms with van der Waals surface area (Å²) in [5, 5.41) is 0. The number of carbonyl (C=O) groups is 1. The van der Waals surface area contributed by atoms with Gasteiger partial charge in [-0.2, -0.15) is 0 Å². The molecule has 31 heavy (non-hydrogen) atoms. The number of alkyl halides is 1. The van der Waals surface area contributed by atoms with Gasteiger partial charge in [0, 0.05) is 30.7 Å². The molecule has 0 aromatic heterocycles. The highest BCUT2D eigenvalue weighted by Gasteiger charge is 2.35. The molecule has 168 valence electrons. The molecule has 1 aliphatic heterocycles. The van der Waals surface area contributed by atoms with Gasteiger partial charge in [0.25, 0.3) is 0 Å². The molecule has 2 aromatic carbocycles. The van der Waals surface area contributed by atoms with Gasteiger partial charge >= 0.3 is 0 Å². The summed E-state index contributed by atoms with van der Waals surface area (Å²) in [5.41, 5.74) is 5.94. The number of hydrogen-bond acceptors (Lipinski definition) is 2. The summed E-state index contributed by atoms with van der Waals surface area (Å²) in [6.45, 7) is 9.31. The van der Waals surface area contributed by atoms with Crippen LogP contribution in [0.15, 0.2) is 48.5 Å². The number of rotatable bonds is 5. The van der Waals surface area contributed by atoms with E-state index in [9.17, 15) is 4.79 Å². The SMILES string of the molecule is CCC(=O)C(C)(C)CN1CCC(C2c3ccccc3CCc3ccccc32)CC1.CCl. The molecule has 0 amide bonds. The first kappa shape index (κ1) is 24.0. The molecule has 0 radical (unpaired) electrons. The van der Waals surface area contributed by atoms with E-state index in [-0.39, 0.29) is 5.41 Å². The number of nitrogens with zero attached hydrogens (tertiary/aromatic N) is 1. The van der Waals surface area contributed by atoms with E-state index in [0.717, 1.165) is 32.5 Å². The van der Waals surface area contributed by atoms with Gasteiger partial charge in [-0.15, -0.1) is 11.6 Å². The average molecular weight is 440 g/mol. The van der Waals surface area contributed by atoms with E-state index >= 15 is 0 Å². The average Bonchev–Trinajstić information content (AvgIpc) is 2.97. The van der Waals surface area contributed by atoms with E-state index in [0.29, 0.717) is 24.0 Å².